The average Bonchev–Trinajstić information content (AvgIpc) is 2.41. The number of hydrogen-bond acceptors (Lipinski definition) is 13. The Morgan fingerprint density at radius 2 is 0.568 bits per heavy atom. The standard InChI is InChI=1S/C6H8O7.5CH2O3.4Na/c7-3(8)1-6(13,5(11)12)2-4(9)10;5*2-1(3)4;;;;/h13H,1-2H2,(H,7,8)(H,9,10)(H,11,12);5*(H2,2,3,4);;;;/q;;;;;;4*+1/p-4. The van der Waals surface area contributed by atoms with Gasteiger partial charge in [-0.2, -0.15) is 0 Å². The monoisotopic (exact) mass is 590 g/mol. The molecule has 0 spiro atoms. The Morgan fingerprint density at radius 1 is 0.459 bits per heavy atom. The van der Waals surface area contributed by atoms with E-state index < -0.39 is 67.1 Å². The van der Waals surface area contributed by atoms with Gasteiger partial charge >= 0.3 is 143 Å². The van der Waals surface area contributed by atoms with Crippen LogP contribution in [0.2, 0.25) is 0 Å². The van der Waals surface area contributed by atoms with Gasteiger partial charge in [-0.25, -0.2) is 19.2 Å². The molecule has 0 heterocycles. The van der Waals surface area contributed by atoms with E-state index in [2.05, 4.69) is 0 Å². The summed E-state index contributed by atoms with van der Waals surface area (Å²) < 4.78 is 0. The van der Waals surface area contributed by atoms with Crippen LogP contribution in [0.25, 0.3) is 0 Å². The summed E-state index contributed by atoms with van der Waals surface area (Å²) in [5.41, 5.74) is -2.97. The van der Waals surface area contributed by atoms with Gasteiger partial charge in [0, 0.05) is 24.8 Å². The zero-order valence-electron chi connectivity index (χ0n) is 19.3. The Balaban J connectivity index is -0.0000000322. The van der Waals surface area contributed by atoms with E-state index in [9.17, 15) is 29.7 Å². The molecule has 0 aliphatic heterocycles. The molecular formula is C11H14Na4O22. The van der Waals surface area contributed by atoms with Crippen molar-refractivity contribution in [3.05, 3.63) is 0 Å². The molecule has 0 amide bonds. The second-order valence-corrected chi connectivity index (χ2v) is 3.81. The number of carbonyl (C=O) groups is 8. The minimum absolute atomic E-state index is 0. The number of hydrogen-bond donors (Lipinski definition) is 10. The van der Waals surface area contributed by atoms with Gasteiger partial charge in [-0.15, -0.1) is 0 Å². The zero-order chi connectivity index (χ0) is 28.5. The van der Waals surface area contributed by atoms with Crippen molar-refractivity contribution in [3.63, 3.8) is 0 Å². The van der Waals surface area contributed by atoms with Crippen LogP contribution < -0.4 is 139 Å². The molecule has 22 nitrogen and oxygen atoms in total. The first-order chi connectivity index (χ1) is 14.4. The third-order valence-corrected chi connectivity index (χ3v) is 1.25. The summed E-state index contributed by atoms with van der Waals surface area (Å²) in [7, 11) is 0. The summed E-state index contributed by atoms with van der Waals surface area (Å²) in [5.74, 6) is -5.98. The maximum absolute atomic E-state index is 10.1. The zero-order valence-corrected chi connectivity index (χ0v) is 27.3. The summed E-state index contributed by atoms with van der Waals surface area (Å²) in [6.07, 6.45) is -12.1. The van der Waals surface area contributed by atoms with Gasteiger partial charge in [-0.05, 0) is 0 Å². The first-order valence-corrected chi connectivity index (χ1v) is 6.35. The molecule has 0 aromatic heterocycles. The molecule has 0 atom stereocenters. The Kier molecular flexibility index (Phi) is 73.6. The molecule has 0 aliphatic rings. The second kappa shape index (κ2) is 41.8. The minimum atomic E-state index is -2.97. The first-order valence-electron chi connectivity index (χ1n) is 6.35. The van der Waals surface area contributed by atoms with Gasteiger partial charge in [0.05, 0.1) is 5.97 Å². The van der Waals surface area contributed by atoms with Crippen molar-refractivity contribution in [2.24, 2.45) is 0 Å². The van der Waals surface area contributed by atoms with E-state index in [4.69, 9.17) is 80.1 Å². The normalized spacial score (nSPS) is 7.05. The third kappa shape index (κ3) is 172. The number of carboxylic acid groups (broad SMARTS) is 13. The van der Waals surface area contributed by atoms with Crippen LogP contribution in [0.5, 0.6) is 0 Å². The van der Waals surface area contributed by atoms with Gasteiger partial charge in [0.1, 0.15) is 5.60 Å². The largest absolute Gasteiger partial charge is 1.00 e. The van der Waals surface area contributed by atoms with Crippen LogP contribution in [-0.2, 0) is 14.4 Å². The number of aliphatic carboxylic acids is 3. The van der Waals surface area contributed by atoms with Gasteiger partial charge in [-0.3, -0.25) is 0 Å². The average molecular weight is 590 g/mol. The van der Waals surface area contributed by atoms with E-state index in [0.717, 1.165) is 0 Å². The molecule has 37 heavy (non-hydrogen) atoms. The van der Waals surface area contributed by atoms with E-state index in [0.29, 0.717) is 0 Å². The van der Waals surface area contributed by atoms with E-state index in [1.54, 1.807) is 0 Å². The van der Waals surface area contributed by atoms with Crippen LogP contribution >= 0.6 is 0 Å². The fourth-order valence-electron chi connectivity index (χ4n) is 0.684. The summed E-state index contributed by atoms with van der Waals surface area (Å²) >= 11 is 0. The second-order valence-electron chi connectivity index (χ2n) is 3.81. The third-order valence-electron chi connectivity index (χ3n) is 1.25. The summed E-state index contributed by atoms with van der Waals surface area (Å²) in [4.78, 5) is 72.7. The molecule has 0 saturated heterocycles. The van der Waals surface area contributed by atoms with Crippen LogP contribution in [0.15, 0.2) is 0 Å². The van der Waals surface area contributed by atoms with E-state index in [1.807, 2.05) is 0 Å². The number of rotatable bonds is 5. The van der Waals surface area contributed by atoms with Crippen molar-refractivity contribution in [2.45, 2.75) is 18.4 Å². The van der Waals surface area contributed by atoms with Crippen molar-refractivity contribution in [1.29, 1.82) is 0 Å². The first kappa shape index (κ1) is 65.1. The van der Waals surface area contributed by atoms with Crippen molar-refractivity contribution >= 4 is 48.7 Å². The Hall–Kier alpha value is -1.28. The van der Waals surface area contributed by atoms with Crippen LogP contribution in [-0.4, -0.2) is 105 Å². The molecule has 10 N–H and O–H groups in total. The quantitative estimate of drug-likeness (QED) is 0.133. The maximum Gasteiger partial charge on any atom is 1.00 e. The van der Waals surface area contributed by atoms with Crippen molar-refractivity contribution in [3.8, 4) is 0 Å². The Bertz CT molecular complexity index is 559. The summed E-state index contributed by atoms with van der Waals surface area (Å²) in [6.45, 7) is 0. The molecule has 0 radical (unpaired) electrons. The van der Waals surface area contributed by atoms with Crippen LogP contribution in [0.4, 0.5) is 24.0 Å². The van der Waals surface area contributed by atoms with E-state index in [-0.39, 0.29) is 118 Å². The van der Waals surface area contributed by atoms with Crippen LogP contribution in [0.3, 0.4) is 0 Å². The van der Waals surface area contributed by atoms with Crippen molar-refractivity contribution in [2.75, 3.05) is 0 Å². The van der Waals surface area contributed by atoms with Gasteiger partial charge in [0.2, 0.25) is 6.16 Å². The molecule has 26 heteroatoms. The molecule has 0 aromatic rings. The minimum Gasteiger partial charge on any atom is -0.565 e. The number of aliphatic hydroxyl groups is 1. The summed E-state index contributed by atoms with van der Waals surface area (Å²) in [5, 5.41) is 110. The Morgan fingerprint density at radius 3 is 0.622 bits per heavy atom. The van der Waals surface area contributed by atoms with Gasteiger partial charge in [0.15, 0.2) is 0 Å². The van der Waals surface area contributed by atoms with Crippen LogP contribution in [0, 0.1) is 0 Å². The van der Waals surface area contributed by atoms with Crippen LogP contribution in [0.1, 0.15) is 12.8 Å². The molecule has 0 saturated carbocycles. The smallest absolute Gasteiger partial charge is 0.565 e. The molecule has 194 valence electrons. The fraction of sp³-hybridized carbons (Fsp3) is 0.273. The Labute approximate surface area is 291 Å². The van der Waals surface area contributed by atoms with Crippen molar-refractivity contribution < 1.29 is 228 Å². The molecule has 0 rings (SSSR count). The molecule has 0 aromatic carbocycles. The van der Waals surface area contributed by atoms with E-state index >= 15 is 0 Å². The van der Waals surface area contributed by atoms with Gasteiger partial charge in [-0.1, -0.05) is 0 Å². The number of carbonyl (C=O) groups excluding carboxylic acids is 3. The van der Waals surface area contributed by atoms with Crippen molar-refractivity contribution in [1.82, 2.24) is 0 Å². The topological polar surface area (TPSA) is 431 Å². The molecule has 0 bridgehead atoms. The molecule has 0 aliphatic carbocycles. The van der Waals surface area contributed by atoms with E-state index in [1.165, 1.54) is 0 Å². The maximum atomic E-state index is 10.1. The number of carboxylic acids is 3. The van der Waals surface area contributed by atoms with Gasteiger partial charge < -0.3 is 90.7 Å². The predicted octanol–water partition coefficient (Wildman–Crippen LogP) is -17.5. The molecule has 0 unspecified atom stereocenters. The molecular weight excluding hydrogens is 576 g/mol. The SMILES string of the molecule is O=C(O)O.O=C(O)O.O=C(O)O.O=C(O)O.O=C([O-])CC(O)(CC(=O)[O-])C(=O)[O-].O=C([O-])O.[Na+].[Na+].[Na+].[Na+]. The fourth-order valence-corrected chi connectivity index (χ4v) is 0.684. The summed E-state index contributed by atoms with van der Waals surface area (Å²) in [6, 6.07) is 0. The molecule has 0 fully saturated rings. The predicted molar refractivity (Wildman–Crippen MR) is 79.8 cm³/mol. The van der Waals surface area contributed by atoms with Gasteiger partial charge in [0.25, 0.3) is 0 Å².